The van der Waals surface area contributed by atoms with Crippen molar-refractivity contribution in [2.45, 2.75) is 32.1 Å². The molecule has 0 fully saturated rings. The highest BCUT2D eigenvalue weighted by atomic mass is 16.3. The van der Waals surface area contributed by atoms with E-state index in [1.807, 2.05) is 30.3 Å². The molecule has 0 saturated carbocycles. The fraction of sp³-hybridized carbons (Fsp3) is 0.286. The van der Waals surface area contributed by atoms with Crippen LogP contribution in [0.1, 0.15) is 32.1 Å². The average molecular weight is 383 g/mol. The number of rotatable bonds is 10. The van der Waals surface area contributed by atoms with E-state index in [1.165, 1.54) is 0 Å². The summed E-state index contributed by atoms with van der Waals surface area (Å²) in [6, 6.07) is 16.1. The van der Waals surface area contributed by atoms with E-state index in [9.17, 15) is 14.4 Å². The molecule has 2 aromatic carbocycles. The second-order valence-corrected chi connectivity index (χ2v) is 6.27. The second-order valence-electron chi connectivity index (χ2n) is 6.27. The second kappa shape index (κ2) is 11.5. The van der Waals surface area contributed by atoms with Crippen LogP contribution in [0.3, 0.4) is 0 Å². The SMILES string of the molecule is O=C(CCCCCC(=O)Nc1ccccc1NC(=O)CO)Nc1ccccc1. The predicted molar refractivity (Wildman–Crippen MR) is 109 cm³/mol. The highest BCUT2D eigenvalue weighted by molar-refractivity contribution is 5.99. The van der Waals surface area contributed by atoms with Crippen molar-refractivity contribution in [1.82, 2.24) is 0 Å². The maximum Gasteiger partial charge on any atom is 0.250 e. The lowest BCUT2D eigenvalue weighted by atomic mass is 10.1. The van der Waals surface area contributed by atoms with Gasteiger partial charge in [-0.25, -0.2) is 0 Å². The molecule has 0 aliphatic rings. The van der Waals surface area contributed by atoms with E-state index in [0.717, 1.165) is 12.1 Å². The number of aliphatic hydroxyl groups is 1. The van der Waals surface area contributed by atoms with Gasteiger partial charge in [-0.1, -0.05) is 36.8 Å². The quantitative estimate of drug-likeness (QED) is 0.473. The molecule has 0 aliphatic heterocycles. The van der Waals surface area contributed by atoms with Crippen LogP contribution in [0.15, 0.2) is 54.6 Å². The molecule has 7 heteroatoms. The summed E-state index contributed by atoms with van der Waals surface area (Å²) in [4.78, 5) is 35.3. The van der Waals surface area contributed by atoms with Crippen molar-refractivity contribution in [1.29, 1.82) is 0 Å². The van der Waals surface area contributed by atoms with E-state index in [-0.39, 0.29) is 11.8 Å². The summed E-state index contributed by atoms with van der Waals surface area (Å²) in [7, 11) is 0. The number of benzene rings is 2. The summed E-state index contributed by atoms with van der Waals surface area (Å²) < 4.78 is 0. The summed E-state index contributed by atoms with van der Waals surface area (Å²) in [6.07, 6.45) is 2.86. The molecular weight excluding hydrogens is 358 g/mol. The molecule has 2 rings (SSSR count). The Morgan fingerprint density at radius 2 is 1.14 bits per heavy atom. The molecular formula is C21H25N3O4. The van der Waals surface area contributed by atoms with E-state index in [2.05, 4.69) is 16.0 Å². The van der Waals surface area contributed by atoms with Crippen LogP contribution < -0.4 is 16.0 Å². The minimum Gasteiger partial charge on any atom is -0.387 e. The summed E-state index contributed by atoms with van der Waals surface area (Å²) in [5, 5.41) is 16.9. The normalized spacial score (nSPS) is 10.2. The Morgan fingerprint density at radius 1 is 0.643 bits per heavy atom. The van der Waals surface area contributed by atoms with E-state index < -0.39 is 12.5 Å². The summed E-state index contributed by atoms with van der Waals surface area (Å²) in [5.74, 6) is -0.751. The van der Waals surface area contributed by atoms with Gasteiger partial charge in [0.2, 0.25) is 17.7 Å². The number of hydrogen-bond acceptors (Lipinski definition) is 4. The third kappa shape index (κ3) is 7.59. The van der Waals surface area contributed by atoms with Gasteiger partial charge in [0.1, 0.15) is 6.61 Å². The minimum atomic E-state index is -0.625. The maximum atomic E-state index is 12.1. The number of anilines is 3. The van der Waals surface area contributed by atoms with Gasteiger partial charge in [0.15, 0.2) is 0 Å². The van der Waals surface area contributed by atoms with Crippen LogP contribution in [0.2, 0.25) is 0 Å². The van der Waals surface area contributed by atoms with Crippen molar-refractivity contribution >= 4 is 34.8 Å². The van der Waals surface area contributed by atoms with Gasteiger partial charge in [0.25, 0.3) is 0 Å². The number of unbranched alkanes of at least 4 members (excludes halogenated alkanes) is 2. The number of carbonyl (C=O) groups excluding carboxylic acids is 3. The molecule has 0 bridgehead atoms. The zero-order valence-electron chi connectivity index (χ0n) is 15.6. The van der Waals surface area contributed by atoms with E-state index in [0.29, 0.717) is 37.1 Å². The van der Waals surface area contributed by atoms with Gasteiger partial charge in [0, 0.05) is 18.5 Å². The van der Waals surface area contributed by atoms with Gasteiger partial charge in [-0.2, -0.15) is 0 Å². The number of hydrogen-bond donors (Lipinski definition) is 4. The predicted octanol–water partition coefficient (Wildman–Crippen LogP) is 3.15. The Bertz CT molecular complexity index is 793. The molecule has 3 amide bonds. The molecule has 0 atom stereocenters. The van der Waals surface area contributed by atoms with E-state index in [1.54, 1.807) is 24.3 Å². The van der Waals surface area contributed by atoms with Crippen LogP contribution in [0, 0.1) is 0 Å². The van der Waals surface area contributed by atoms with Crippen LogP contribution in [0.25, 0.3) is 0 Å². The largest absolute Gasteiger partial charge is 0.387 e. The van der Waals surface area contributed by atoms with Crippen LogP contribution in [-0.4, -0.2) is 29.4 Å². The van der Waals surface area contributed by atoms with Gasteiger partial charge in [-0.3, -0.25) is 14.4 Å². The molecule has 0 saturated heterocycles. The smallest absolute Gasteiger partial charge is 0.250 e. The van der Waals surface area contributed by atoms with Gasteiger partial charge < -0.3 is 21.1 Å². The topological polar surface area (TPSA) is 108 Å². The maximum absolute atomic E-state index is 12.1. The van der Waals surface area contributed by atoms with E-state index in [4.69, 9.17) is 5.11 Å². The molecule has 0 radical (unpaired) electrons. The lowest BCUT2D eigenvalue weighted by molar-refractivity contribution is -0.119. The average Bonchev–Trinajstić information content (AvgIpc) is 2.70. The van der Waals surface area contributed by atoms with Crippen LogP contribution in [-0.2, 0) is 14.4 Å². The summed E-state index contributed by atoms with van der Waals surface area (Å²) in [5.41, 5.74) is 1.70. The number of aliphatic hydroxyl groups excluding tert-OH is 1. The van der Waals surface area contributed by atoms with Crippen molar-refractivity contribution in [2.24, 2.45) is 0 Å². The first-order chi connectivity index (χ1) is 13.6. The molecule has 0 aliphatic carbocycles. The van der Waals surface area contributed by atoms with Crippen molar-refractivity contribution in [2.75, 3.05) is 22.6 Å². The molecule has 0 heterocycles. The van der Waals surface area contributed by atoms with Gasteiger partial charge >= 0.3 is 0 Å². The lowest BCUT2D eigenvalue weighted by Crippen LogP contribution is -2.18. The highest BCUT2D eigenvalue weighted by Gasteiger charge is 2.09. The minimum absolute atomic E-state index is 0.0378. The Morgan fingerprint density at radius 3 is 1.71 bits per heavy atom. The first kappa shape index (κ1) is 21.1. The third-order valence-corrected chi connectivity index (χ3v) is 3.98. The fourth-order valence-corrected chi connectivity index (χ4v) is 2.60. The number of para-hydroxylation sites is 3. The number of carbonyl (C=O) groups is 3. The molecule has 2 aromatic rings. The molecule has 7 nitrogen and oxygen atoms in total. The first-order valence-corrected chi connectivity index (χ1v) is 9.23. The number of amides is 3. The molecule has 0 unspecified atom stereocenters. The van der Waals surface area contributed by atoms with Gasteiger partial charge in [0.05, 0.1) is 11.4 Å². The molecule has 0 aromatic heterocycles. The molecule has 4 N–H and O–H groups in total. The zero-order valence-corrected chi connectivity index (χ0v) is 15.6. The van der Waals surface area contributed by atoms with Crippen molar-refractivity contribution in [3.63, 3.8) is 0 Å². The monoisotopic (exact) mass is 383 g/mol. The van der Waals surface area contributed by atoms with Gasteiger partial charge in [-0.15, -0.1) is 0 Å². The Kier molecular flexibility index (Phi) is 8.68. The highest BCUT2D eigenvalue weighted by Crippen LogP contribution is 2.21. The molecule has 28 heavy (non-hydrogen) atoms. The van der Waals surface area contributed by atoms with Crippen molar-refractivity contribution in [3.05, 3.63) is 54.6 Å². The third-order valence-electron chi connectivity index (χ3n) is 3.98. The van der Waals surface area contributed by atoms with Crippen LogP contribution >= 0.6 is 0 Å². The van der Waals surface area contributed by atoms with Crippen molar-refractivity contribution in [3.8, 4) is 0 Å². The standard InChI is InChI=1S/C21H25N3O4/c25-15-21(28)24-18-12-8-7-11-17(18)23-20(27)14-6-2-5-13-19(26)22-16-9-3-1-4-10-16/h1,3-4,7-12,25H,2,5-6,13-15H2,(H,22,26)(H,23,27)(H,24,28). The Labute approximate surface area is 164 Å². The first-order valence-electron chi connectivity index (χ1n) is 9.23. The Balaban J connectivity index is 1.66. The Hall–Kier alpha value is -3.19. The molecule has 0 spiro atoms. The van der Waals surface area contributed by atoms with Crippen LogP contribution in [0.5, 0.6) is 0 Å². The van der Waals surface area contributed by atoms with E-state index >= 15 is 0 Å². The summed E-state index contributed by atoms with van der Waals surface area (Å²) >= 11 is 0. The van der Waals surface area contributed by atoms with Crippen molar-refractivity contribution < 1.29 is 19.5 Å². The van der Waals surface area contributed by atoms with Gasteiger partial charge in [-0.05, 0) is 37.1 Å². The fourth-order valence-electron chi connectivity index (χ4n) is 2.60. The van der Waals surface area contributed by atoms with Crippen LogP contribution in [0.4, 0.5) is 17.1 Å². The number of nitrogens with one attached hydrogen (secondary N) is 3. The molecule has 148 valence electrons. The zero-order chi connectivity index (χ0) is 20.2. The lowest BCUT2D eigenvalue weighted by Gasteiger charge is -2.11. The summed E-state index contributed by atoms with van der Waals surface area (Å²) in [6.45, 7) is -0.625.